The summed E-state index contributed by atoms with van der Waals surface area (Å²) in [6, 6.07) is 0. The molecule has 0 saturated heterocycles. The average Bonchev–Trinajstić information content (AvgIpc) is 2.65. The molecule has 12 heteroatoms. The summed E-state index contributed by atoms with van der Waals surface area (Å²) in [6.45, 7) is 7.77. The standard InChI is InChI=1S/C20H44N2O6S2.2Na/c1-3-5-7-9-13-21(17-19-29(23,24)25)15-11-12-16-22(14-10-8-6-4-2)18-20-30(26,27)28;;/h3-20H2,1-2H3,(H,23,24,25)(H,26,27,28);;/q;2*+1/p-2. The van der Waals surface area contributed by atoms with Crippen molar-refractivity contribution < 1.29 is 85.1 Å². The molecular formula is C20H42N2Na2O6S2. The van der Waals surface area contributed by atoms with Gasteiger partial charge >= 0.3 is 59.1 Å². The molecular weight excluding hydrogens is 474 g/mol. The second-order valence-corrected chi connectivity index (χ2v) is 11.1. The molecule has 8 nitrogen and oxygen atoms in total. The molecule has 182 valence electrons. The van der Waals surface area contributed by atoms with Gasteiger partial charge in [0.25, 0.3) is 0 Å². The van der Waals surface area contributed by atoms with Crippen LogP contribution in [0.3, 0.4) is 0 Å². The Hall–Kier alpha value is 1.74. The molecule has 0 aliphatic carbocycles. The Bertz CT molecular complexity index is 568. The van der Waals surface area contributed by atoms with Crippen molar-refractivity contribution >= 4 is 20.2 Å². The van der Waals surface area contributed by atoms with E-state index in [1.807, 2.05) is 9.80 Å². The summed E-state index contributed by atoms with van der Waals surface area (Å²) in [5.41, 5.74) is 0. The zero-order chi connectivity index (χ0) is 22.9. The van der Waals surface area contributed by atoms with E-state index in [0.717, 1.165) is 77.3 Å². The van der Waals surface area contributed by atoms with Crippen molar-refractivity contribution in [2.24, 2.45) is 0 Å². The monoisotopic (exact) mass is 516 g/mol. The molecule has 0 unspecified atom stereocenters. The van der Waals surface area contributed by atoms with Gasteiger partial charge in [-0.05, 0) is 51.9 Å². The minimum atomic E-state index is -4.22. The van der Waals surface area contributed by atoms with Crippen LogP contribution >= 0.6 is 0 Å². The molecule has 0 spiro atoms. The molecule has 0 aromatic carbocycles. The van der Waals surface area contributed by atoms with Crippen molar-refractivity contribution in [1.82, 2.24) is 9.80 Å². The Kier molecular flexibility index (Phi) is 27.7. The van der Waals surface area contributed by atoms with Crippen LogP contribution in [-0.2, 0) is 20.2 Å². The smallest absolute Gasteiger partial charge is 0.748 e. The summed E-state index contributed by atoms with van der Waals surface area (Å²) in [4.78, 5) is 4.08. The minimum Gasteiger partial charge on any atom is -0.748 e. The van der Waals surface area contributed by atoms with E-state index in [0.29, 0.717) is 13.1 Å². The van der Waals surface area contributed by atoms with Crippen LogP contribution in [0.4, 0.5) is 0 Å². The molecule has 0 aromatic heterocycles. The van der Waals surface area contributed by atoms with Gasteiger partial charge in [0.1, 0.15) is 0 Å². The first-order valence-electron chi connectivity index (χ1n) is 11.4. The Morgan fingerprint density at radius 3 is 1.03 bits per heavy atom. The van der Waals surface area contributed by atoms with Crippen molar-refractivity contribution in [2.45, 2.75) is 78.1 Å². The number of unbranched alkanes of at least 4 members (excludes halogenated alkanes) is 7. The topological polar surface area (TPSA) is 121 Å². The van der Waals surface area contributed by atoms with Gasteiger partial charge in [-0.15, -0.1) is 0 Å². The van der Waals surface area contributed by atoms with Crippen molar-refractivity contribution in [3.8, 4) is 0 Å². The largest absolute Gasteiger partial charge is 1.00 e. The number of nitrogens with zero attached hydrogens (tertiary/aromatic N) is 2. The average molecular weight is 517 g/mol. The van der Waals surface area contributed by atoms with E-state index in [2.05, 4.69) is 13.8 Å². The number of hydrogen-bond acceptors (Lipinski definition) is 8. The molecule has 0 radical (unpaired) electrons. The fourth-order valence-corrected chi connectivity index (χ4v) is 4.31. The summed E-state index contributed by atoms with van der Waals surface area (Å²) in [5, 5.41) is 0. The Labute approximate surface area is 241 Å². The molecule has 0 heterocycles. The zero-order valence-electron chi connectivity index (χ0n) is 20.9. The molecule has 0 rings (SSSR count). The molecule has 0 aliphatic rings. The Morgan fingerprint density at radius 2 is 0.781 bits per heavy atom. The fraction of sp³-hybridized carbons (Fsp3) is 1.00. The van der Waals surface area contributed by atoms with Crippen LogP contribution in [0.1, 0.15) is 78.1 Å². The zero-order valence-corrected chi connectivity index (χ0v) is 26.5. The summed E-state index contributed by atoms with van der Waals surface area (Å²) in [5.74, 6) is -0.739. The molecule has 0 N–H and O–H groups in total. The van der Waals surface area contributed by atoms with Crippen LogP contribution in [0.25, 0.3) is 0 Å². The molecule has 0 saturated carbocycles. The molecule has 0 amide bonds. The normalized spacial score (nSPS) is 12.1. The van der Waals surface area contributed by atoms with E-state index in [1.165, 1.54) is 0 Å². The van der Waals surface area contributed by atoms with Crippen molar-refractivity contribution in [1.29, 1.82) is 0 Å². The van der Waals surface area contributed by atoms with Gasteiger partial charge in [-0.2, -0.15) is 0 Å². The van der Waals surface area contributed by atoms with Crippen molar-refractivity contribution in [3.63, 3.8) is 0 Å². The van der Waals surface area contributed by atoms with E-state index >= 15 is 0 Å². The van der Waals surface area contributed by atoms with Crippen LogP contribution in [0.5, 0.6) is 0 Å². The van der Waals surface area contributed by atoms with E-state index in [9.17, 15) is 25.9 Å². The SMILES string of the molecule is CCCCCCN(CCCCN(CCCCCC)CCS(=O)(=O)[O-])CCS(=O)(=O)[O-].[Na+].[Na+]. The van der Waals surface area contributed by atoms with E-state index in [4.69, 9.17) is 0 Å². The predicted octanol–water partition coefficient (Wildman–Crippen LogP) is -3.37. The van der Waals surface area contributed by atoms with Gasteiger partial charge < -0.3 is 18.9 Å². The van der Waals surface area contributed by atoms with Crippen molar-refractivity contribution in [3.05, 3.63) is 0 Å². The third kappa shape index (κ3) is 28.0. The summed E-state index contributed by atoms with van der Waals surface area (Å²) in [7, 11) is -8.44. The Balaban J connectivity index is -0.00000420. The number of rotatable bonds is 21. The third-order valence-corrected chi connectivity index (χ3v) is 6.53. The Morgan fingerprint density at radius 1 is 0.500 bits per heavy atom. The van der Waals surface area contributed by atoms with Crippen LogP contribution in [0.2, 0.25) is 0 Å². The van der Waals surface area contributed by atoms with Gasteiger partial charge in [0, 0.05) is 13.1 Å². The third-order valence-electron chi connectivity index (χ3n) is 5.17. The first-order valence-corrected chi connectivity index (χ1v) is 14.5. The fourth-order valence-electron chi connectivity index (χ4n) is 3.35. The molecule has 0 fully saturated rings. The molecule has 0 aromatic rings. The first-order chi connectivity index (χ1) is 14.1. The second kappa shape index (κ2) is 23.2. The molecule has 0 bridgehead atoms. The van der Waals surface area contributed by atoms with Gasteiger partial charge in [0.15, 0.2) is 0 Å². The van der Waals surface area contributed by atoms with Crippen LogP contribution in [0, 0.1) is 0 Å². The molecule has 0 atom stereocenters. The number of hydrogen-bond donors (Lipinski definition) is 0. The van der Waals surface area contributed by atoms with Gasteiger partial charge in [-0.1, -0.05) is 52.4 Å². The summed E-state index contributed by atoms with van der Waals surface area (Å²) < 4.78 is 65.8. The van der Waals surface area contributed by atoms with E-state index < -0.39 is 20.2 Å². The molecule has 32 heavy (non-hydrogen) atoms. The van der Waals surface area contributed by atoms with Gasteiger partial charge in [0.05, 0.1) is 31.7 Å². The summed E-state index contributed by atoms with van der Waals surface area (Å²) in [6.07, 6.45) is 10.4. The van der Waals surface area contributed by atoms with E-state index in [1.54, 1.807) is 0 Å². The van der Waals surface area contributed by atoms with Crippen LogP contribution in [0.15, 0.2) is 0 Å². The predicted molar refractivity (Wildman–Crippen MR) is 120 cm³/mol. The molecule has 0 aliphatic heterocycles. The quantitative estimate of drug-likeness (QED) is 0.0881. The summed E-state index contributed by atoms with van der Waals surface area (Å²) >= 11 is 0. The van der Waals surface area contributed by atoms with Crippen LogP contribution < -0.4 is 59.1 Å². The van der Waals surface area contributed by atoms with Crippen LogP contribution in [-0.4, -0.2) is 86.5 Å². The van der Waals surface area contributed by atoms with Gasteiger partial charge in [-0.25, -0.2) is 16.8 Å². The van der Waals surface area contributed by atoms with Gasteiger partial charge in [-0.3, -0.25) is 0 Å². The van der Waals surface area contributed by atoms with Gasteiger partial charge in [0.2, 0.25) is 0 Å². The minimum absolute atomic E-state index is 0. The maximum atomic E-state index is 11.0. The van der Waals surface area contributed by atoms with Crippen molar-refractivity contribution in [2.75, 3.05) is 50.8 Å². The van der Waals surface area contributed by atoms with E-state index in [-0.39, 0.29) is 83.7 Å². The maximum absolute atomic E-state index is 11.0. The first kappa shape index (κ1) is 38.3. The second-order valence-electron chi connectivity index (χ2n) is 8.04. The maximum Gasteiger partial charge on any atom is 1.00 e.